The Bertz CT molecular complexity index is 831. The predicted molar refractivity (Wildman–Crippen MR) is 74.2 cm³/mol. The lowest BCUT2D eigenvalue weighted by Crippen LogP contribution is -2.17. The number of aryl methyl sites for hydroxylation is 2. The van der Waals surface area contributed by atoms with Gasteiger partial charge in [0.15, 0.2) is 0 Å². The van der Waals surface area contributed by atoms with E-state index in [1.54, 1.807) is 27.7 Å². The fourth-order valence-corrected chi connectivity index (χ4v) is 2.26. The number of hydrogen-bond donors (Lipinski definition) is 2. The van der Waals surface area contributed by atoms with Crippen LogP contribution in [0.1, 0.15) is 16.8 Å². The van der Waals surface area contributed by atoms with E-state index >= 15 is 0 Å². The van der Waals surface area contributed by atoms with Crippen LogP contribution in [0.5, 0.6) is 0 Å². The molecular weight excluding hydrogens is 274 g/mol. The van der Waals surface area contributed by atoms with Gasteiger partial charge in [-0.05, 0) is 24.6 Å². The molecule has 8 nitrogen and oxygen atoms in total. The summed E-state index contributed by atoms with van der Waals surface area (Å²) in [7, 11) is 0. The monoisotopic (exact) mass is 287 g/mol. The van der Waals surface area contributed by atoms with Crippen LogP contribution in [0.15, 0.2) is 35.4 Å². The molecule has 2 heterocycles. The first-order valence-corrected chi connectivity index (χ1v) is 6.45. The maximum absolute atomic E-state index is 11.9. The highest BCUT2D eigenvalue weighted by molar-refractivity contribution is 5.92. The van der Waals surface area contributed by atoms with E-state index in [0.717, 1.165) is 6.42 Å². The molecule has 0 aliphatic carbocycles. The zero-order valence-electron chi connectivity index (χ0n) is 11.1. The lowest BCUT2D eigenvalue weighted by Gasteiger charge is -2.03. The number of carboxylic acid groups (broad SMARTS) is 1. The molecule has 1 aromatic carbocycles. The molecule has 0 spiro atoms. The van der Waals surface area contributed by atoms with Crippen LogP contribution in [0.3, 0.4) is 0 Å². The summed E-state index contributed by atoms with van der Waals surface area (Å²) in [5, 5.41) is 16.5. The maximum atomic E-state index is 11.9. The molecule has 0 saturated heterocycles. The lowest BCUT2D eigenvalue weighted by molar-refractivity contribution is 0.0697. The Labute approximate surface area is 118 Å². The molecule has 0 radical (unpaired) electrons. The van der Waals surface area contributed by atoms with Crippen LogP contribution in [-0.4, -0.2) is 35.6 Å². The van der Waals surface area contributed by atoms with E-state index in [1.807, 2.05) is 0 Å². The van der Waals surface area contributed by atoms with E-state index in [9.17, 15) is 9.59 Å². The van der Waals surface area contributed by atoms with Crippen molar-refractivity contribution in [1.29, 1.82) is 0 Å². The average Bonchev–Trinajstić information content (AvgIpc) is 3.06. The summed E-state index contributed by atoms with van der Waals surface area (Å²) in [6.07, 6.45) is 4.08. The summed E-state index contributed by atoms with van der Waals surface area (Å²) in [6, 6.07) is 4.60. The van der Waals surface area contributed by atoms with Gasteiger partial charge in [0.25, 0.3) is 0 Å². The fourth-order valence-electron chi connectivity index (χ4n) is 2.26. The van der Waals surface area contributed by atoms with Gasteiger partial charge in [-0.2, -0.15) is 0 Å². The van der Waals surface area contributed by atoms with E-state index in [4.69, 9.17) is 5.11 Å². The Morgan fingerprint density at radius 1 is 1.33 bits per heavy atom. The van der Waals surface area contributed by atoms with Crippen molar-refractivity contribution in [2.45, 2.75) is 19.5 Å². The van der Waals surface area contributed by atoms with Gasteiger partial charge < -0.3 is 10.1 Å². The molecule has 0 bridgehead atoms. The zero-order chi connectivity index (χ0) is 14.8. The van der Waals surface area contributed by atoms with Gasteiger partial charge >= 0.3 is 11.7 Å². The average molecular weight is 287 g/mol. The first-order chi connectivity index (χ1) is 10.1. The second-order valence-electron chi connectivity index (χ2n) is 4.64. The van der Waals surface area contributed by atoms with Gasteiger partial charge in [-0.1, -0.05) is 5.21 Å². The Morgan fingerprint density at radius 3 is 2.90 bits per heavy atom. The number of rotatable bonds is 5. The van der Waals surface area contributed by atoms with Gasteiger partial charge in [-0.3, -0.25) is 9.25 Å². The van der Waals surface area contributed by atoms with Crippen molar-refractivity contribution in [2.24, 2.45) is 0 Å². The smallest absolute Gasteiger partial charge is 0.335 e. The molecule has 2 N–H and O–H groups in total. The predicted octanol–water partition coefficient (Wildman–Crippen LogP) is 0.710. The quantitative estimate of drug-likeness (QED) is 0.719. The number of aromatic carboxylic acids is 1. The van der Waals surface area contributed by atoms with E-state index in [1.165, 1.54) is 12.1 Å². The number of imidazole rings is 1. The van der Waals surface area contributed by atoms with Crippen LogP contribution >= 0.6 is 0 Å². The standard InChI is InChI=1S/C13H13N5O3/c19-12(20)9-2-3-11-10(8-9)15-13(21)18(11)6-1-5-17-7-4-14-16-17/h2-4,7-8H,1,5-6H2,(H,15,21)(H,19,20). The fraction of sp³-hybridized carbons (Fsp3) is 0.231. The van der Waals surface area contributed by atoms with E-state index in [-0.39, 0.29) is 11.3 Å². The van der Waals surface area contributed by atoms with Gasteiger partial charge in [0.2, 0.25) is 0 Å². The Morgan fingerprint density at radius 2 is 2.19 bits per heavy atom. The molecule has 2 aromatic heterocycles. The number of carboxylic acids is 1. The van der Waals surface area contributed by atoms with Gasteiger partial charge in [-0.15, -0.1) is 5.10 Å². The van der Waals surface area contributed by atoms with Crippen molar-refractivity contribution in [3.63, 3.8) is 0 Å². The van der Waals surface area contributed by atoms with Crippen LogP contribution in [0.25, 0.3) is 11.0 Å². The molecule has 108 valence electrons. The third-order valence-electron chi connectivity index (χ3n) is 3.26. The van der Waals surface area contributed by atoms with E-state index < -0.39 is 5.97 Å². The van der Waals surface area contributed by atoms with Crippen molar-refractivity contribution >= 4 is 17.0 Å². The van der Waals surface area contributed by atoms with Gasteiger partial charge in [-0.25, -0.2) is 9.59 Å². The lowest BCUT2D eigenvalue weighted by atomic mass is 10.2. The summed E-state index contributed by atoms with van der Waals surface area (Å²) in [4.78, 5) is 25.5. The number of hydrogen-bond acceptors (Lipinski definition) is 4. The molecule has 0 amide bonds. The summed E-state index contributed by atoms with van der Waals surface area (Å²) in [6.45, 7) is 1.18. The van der Waals surface area contributed by atoms with E-state index in [2.05, 4.69) is 15.3 Å². The second kappa shape index (κ2) is 5.23. The molecule has 0 unspecified atom stereocenters. The summed E-state index contributed by atoms with van der Waals surface area (Å²) in [5.41, 5.74) is 1.13. The zero-order valence-corrected chi connectivity index (χ0v) is 11.1. The number of fused-ring (bicyclic) bond motifs is 1. The Kier molecular flexibility index (Phi) is 3.27. The molecule has 0 fully saturated rings. The van der Waals surface area contributed by atoms with Crippen molar-refractivity contribution in [1.82, 2.24) is 24.5 Å². The maximum Gasteiger partial charge on any atom is 0.335 e. The Hall–Kier alpha value is -2.90. The van der Waals surface area contributed by atoms with Crippen LogP contribution in [0, 0.1) is 0 Å². The van der Waals surface area contributed by atoms with Gasteiger partial charge in [0, 0.05) is 19.3 Å². The van der Waals surface area contributed by atoms with Crippen LogP contribution in [0.4, 0.5) is 0 Å². The SMILES string of the molecule is O=C(O)c1ccc2c(c1)[nH]c(=O)n2CCCn1ccnn1. The number of carbonyl (C=O) groups is 1. The minimum Gasteiger partial charge on any atom is -0.478 e. The third-order valence-corrected chi connectivity index (χ3v) is 3.26. The molecule has 0 aliphatic heterocycles. The number of nitrogens with zero attached hydrogens (tertiary/aromatic N) is 4. The van der Waals surface area contributed by atoms with Crippen LogP contribution in [0.2, 0.25) is 0 Å². The van der Waals surface area contributed by atoms with Crippen molar-refractivity contribution in [3.05, 3.63) is 46.6 Å². The number of aromatic nitrogens is 5. The topological polar surface area (TPSA) is 106 Å². The highest BCUT2D eigenvalue weighted by atomic mass is 16.4. The number of H-pyrrole nitrogens is 1. The third kappa shape index (κ3) is 2.55. The van der Waals surface area contributed by atoms with Crippen LogP contribution in [-0.2, 0) is 13.1 Å². The minimum atomic E-state index is -1.02. The Balaban J connectivity index is 1.83. The van der Waals surface area contributed by atoms with Crippen molar-refractivity contribution in [3.8, 4) is 0 Å². The molecule has 0 saturated carbocycles. The van der Waals surface area contributed by atoms with Gasteiger partial charge in [0.1, 0.15) is 0 Å². The molecule has 3 aromatic rings. The van der Waals surface area contributed by atoms with Crippen LogP contribution < -0.4 is 5.69 Å². The number of aromatic amines is 1. The minimum absolute atomic E-state index is 0.151. The first-order valence-electron chi connectivity index (χ1n) is 6.45. The highest BCUT2D eigenvalue weighted by Gasteiger charge is 2.10. The second-order valence-corrected chi connectivity index (χ2v) is 4.64. The number of nitrogens with one attached hydrogen (secondary N) is 1. The van der Waals surface area contributed by atoms with Crippen molar-refractivity contribution in [2.75, 3.05) is 0 Å². The molecule has 8 heteroatoms. The molecule has 0 aliphatic rings. The largest absolute Gasteiger partial charge is 0.478 e. The number of benzene rings is 1. The van der Waals surface area contributed by atoms with Gasteiger partial charge in [0.05, 0.1) is 22.8 Å². The summed E-state index contributed by atoms with van der Waals surface area (Å²) >= 11 is 0. The molecule has 0 atom stereocenters. The van der Waals surface area contributed by atoms with E-state index in [0.29, 0.717) is 24.1 Å². The van der Waals surface area contributed by atoms with Crippen molar-refractivity contribution < 1.29 is 9.90 Å². The normalized spacial score (nSPS) is 11.0. The molecular formula is C13H13N5O3. The first kappa shape index (κ1) is 13.1. The summed E-state index contributed by atoms with van der Waals surface area (Å²) < 4.78 is 3.29. The molecule has 21 heavy (non-hydrogen) atoms. The highest BCUT2D eigenvalue weighted by Crippen LogP contribution is 2.13. The summed E-state index contributed by atoms with van der Waals surface area (Å²) in [5.74, 6) is -1.02. The molecule has 3 rings (SSSR count).